The van der Waals surface area contributed by atoms with Gasteiger partial charge in [-0.2, -0.15) is 0 Å². The SMILES string of the molecule is CCCc1cc(C(=O)Nc2cc(Cl)nc(Cl)n2)cc(Cl)n1. The average Bonchev–Trinajstić information content (AvgIpc) is 2.37. The standard InChI is InChI=1S/C13H11Cl3N4O/c1-2-3-8-4-7(5-9(14)17-8)12(21)19-11-6-10(15)18-13(16)20-11/h4-6H,2-3H2,1H3,(H,18,19,20,21). The van der Waals surface area contributed by atoms with Gasteiger partial charge in [-0.3, -0.25) is 4.79 Å². The second-order valence-corrected chi connectivity index (χ2v) is 5.33. The number of carbonyl (C=O) groups excluding carboxylic acids is 1. The summed E-state index contributed by atoms with van der Waals surface area (Å²) in [7, 11) is 0. The third-order valence-corrected chi connectivity index (χ3v) is 3.08. The van der Waals surface area contributed by atoms with Crippen LogP contribution in [0.15, 0.2) is 18.2 Å². The van der Waals surface area contributed by atoms with Gasteiger partial charge in [0.25, 0.3) is 5.91 Å². The molecule has 0 radical (unpaired) electrons. The van der Waals surface area contributed by atoms with Crippen LogP contribution < -0.4 is 5.32 Å². The molecule has 8 heteroatoms. The van der Waals surface area contributed by atoms with Gasteiger partial charge in [0, 0.05) is 17.3 Å². The van der Waals surface area contributed by atoms with Gasteiger partial charge in [0.1, 0.15) is 16.1 Å². The molecule has 0 unspecified atom stereocenters. The second-order valence-electron chi connectivity index (χ2n) is 4.22. The lowest BCUT2D eigenvalue weighted by atomic mass is 10.1. The number of aromatic nitrogens is 3. The highest BCUT2D eigenvalue weighted by Gasteiger charge is 2.11. The number of amides is 1. The third-order valence-electron chi connectivity index (χ3n) is 2.52. The summed E-state index contributed by atoms with van der Waals surface area (Å²) in [5.74, 6) is -0.155. The monoisotopic (exact) mass is 344 g/mol. The predicted molar refractivity (Wildman–Crippen MR) is 83.2 cm³/mol. The zero-order chi connectivity index (χ0) is 15.4. The number of hydrogen-bond acceptors (Lipinski definition) is 4. The van der Waals surface area contributed by atoms with Crippen LogP contribution in [0.4, 0.5) is 5.82 Å². The van der Waals surface area contributed by atoms with Crippen LogP contribution in [0, 0.1) is 0 Å². The van der Waals surface area contributed by atoms with Crippen molar-refractivity contribution in [3.63, 3.8) is 0 Å². The number of pyridine rings is 1. The zero-order valence-corrected chi connectivity index (χ0v) is 13.3. The number of aryl methyl sites for hydroxylation is 1. The number of rotatable bonds is 4. The molecule has 2 heterocycles. The van der Waals surface area contributed by atoms with E-state index in [0.29, 0.717) is 5.56 Å². The Morgan fingerprint density at radius 2 is 1.81 bits per heavy atom. The number of halogens is 3. The van der Waals surface area contributed by atoms with Crippen LogP contribution in [-0.2, 0) is 6.42 Å². The molecule has 2 aromatic heterocycles. The first-order chi connectivity index (χ1) is 9.97. The Morgan fingerprint density at radius 3 is 2.48 bits per heavy atom. The molecule has 2 rings (SSSR count). The maximum atomic E-state index is 12.2. The highest BCUT2D eigenvalue weighted by molar-refractivity contribution is 6.32. The lowest BCUT2D eigenvalue weighted by Gasteiger charge is -2.07. The molecule has 0 atom stereocenters. The molecule has 0 fully saturated rings. The Bertz CT molecular complexity index is 658. The first-order valence-corrected chi connectivity index (χ1v) is 7.29. The molecule has 21 heavy (non-hydrogen) atoms. The molecule has 110 valence electrons. The van der Waals surface area contributed by atoms with E-state index in [4.69, 9.17) is 34.8 Å². The van der Waals surface area contributed by atoms with Crippen molar-refractivity contribution < 1.29 is 4.79 Å². The van der Waals surface area contributed by atoms with E-state index in [1.807, 2.05) is 6.92 Å². The third kappa shape index (κ3) is 4.52. The molecule has 1 amide bonds. The number of hydrogen-bond donors (Lipinski definition) is 1. The number of carbonyl (C=O) groups is 1. The Labute approximate surface area is 136 Å². The lowest BCUT2D eigenvalue weighted by molar-refractivity contribution is 0.102. The van der Waals surface area contributed by atoms with Crippen LogP contribution in [0.2, 0.25) is 15.6 Å². The van der Waals surface area contributed by atoms with E-state index in [1.54, 1.807) is 6.07 Å². The minimum absolute atomic E-state index is 0.0442. The van der Waals surface area contributed by atoms with E-state index >= 15 is 0 Å². The quantitative estimate of drug-likeness (QED) is 0.516. The summed E-state index contributed by atoms with van der Waals surface area (Å²) in [6.45, 7) is 2.02. The molecular weight excluding hydrogens is 335 g/mol. The molecular formula is C13H11Cl3N4O. The summed E-state index contributed by atoms with van der Waals surface area (Å²) in [4.78, 5) is 23.9. The van der Waals surface area contributed by atoms with Crippen LogP contribution in [0.5, 0.6) is 0 Å². The number of nitrogens with one attached hydrogen (secondary N) is 1. The topological polar surface area (TPSA) is 67.8 Å². The Morgan fingerprint density at radius 1 is 1.10 bits per heavy atom. The van der Waals surface area contributed by atoms with Crippen molar-refractivity contribution in [2.45, 2.75) is 19.8 Å². The van der Waals surface area contributed by atoms with E-state index in [9.17, 15) is 4.79 Å². The highest BCUT2D eigenvalue weighted by atomic mass is 35.5. The van der Waals surface area contributed by atoms with Crippen LogP contribution >= 0.6 is 34.8 Å². The van der Waals surface area contributed by atoms with Crippen molar-refractivity contribution in [2.75, 3.05) is 5.32 Å². The van der Waals surface area contributed by atoms with Crippen LogP contribution in [0.25, 0.3) is 0 Å². The molecule has 2 aromatic rings. The smallest absolute Gasteiger partial charge is 0.256 e. The van der Waals surface area contributed by atoms with Gasteiger partial charge in [0.05, 0.1) is 0 Å². The normalized spacial score (nSPS) is 10.5. The van der Waals surface area contributed by atoms with Crippen LogP contribution in [-0.4, -0.2) is 20.9 Å². The molecule has 0 spiro atoms. The van der Waals surface area contributed by atoms with E-state index in [-0.39, 0.29) is 27.3 Å². The van der Waals surface area contributed by atoms with E-state index in [2.05, 4.69) is 20.3 Å². The molecule has 0 aromatic carbocycles. The van der Waals surface area contributed by atoms with E-state index in [0.717, 1.165) is 18.5 Å². The highest BCUT2D eigenvalue weighted by Crippen LogP contribution is 2.17. The van der Waals surface area contributed by atoms with Gasteiger partial charge in [0.2, 0.25) is 5.28 Å². The predicted octanol–water partition coefficient (Wildman–Crippen LogP) is 4.04. The molecule has 1 N–H and O–H groups in total. The Kier molecular flexibility index (Phi) is 5.33. The van der Waals surface area contributed by atoms with Gasteiger partial charge in [-0.25, -0.2) is 15.0 Å². The van der Waals surface area contributed by atoms with Crippen molar-refractivity contribution >= 4 is 46.5 Å². The van der Waals surface area contributed by atoms with Gasteiger partial charge in [-0.15, -0.1) is 0 Å². The zero-order valence-electron chi connectivity index (χ0n) is 11.0. The van der Waals surface area contributed by atoms with Crippen molar-refractivity contribution in [1.29, 1.82) is 0 Å². The van der Waals surface area contributed by atoms with Gasteiger partial charge >= 0.3 is 0 Å². The Hall–Kier alpha value is -1.43. The van der Waals surface area contributed by atoms with Gasteiger partial charge < -0.3 is 5.32 Å². The van der Waals surface area contributed by atoms with Crippen molar-refractivity contribution in [3.8, 4) is 0 Å². The average molecular weight is 346 g/mol. The fraction of sp³-hybridized carbons (Fsp3) is 0.231. The minimum Gasteiger partial charge on any atom is -0.306 e. The first-order valence-electron chi connectivity index (χ1n) is 6.16. The van der Waals surface area contributed by atoms with Crippen molar-refractivity contribution in [1.82, 2.24) is 15.0 Å². The first kappa shape index (κ1) is 15.9. The van der Waals surface area contributed by atoms with Gasteiger partial charge in [-0.05, 0) is 30.2 Å². The molecule has 0 aliphatic heterocycles. The molecule has 0 saturated heterocycles. The van der Waals surface area contributed by atoms with Gasteiger partial charge in [0.15, 0.2) is 0 Å². The Balaban J connectivity index is 2.23. The summed E-state index contributed by atoms with van der Waals surface area (Å²) in [6, 6.07) is 4.58. The van der Waals surface area contributed by atoms with Crippen molar-refractivity contribution in [2.24, 2.45) is 0 Å². The molecule has 0 bridgehead atoms. The molecule has 5 nitrogen and oxygen atoms in total. The maximum absolute atomic E-state index is 12.2. The fourth-order valence-electron chi connectivity index (χ4n) is 1.71. The van der Waals surface area contributed by atoms with E-state index < -0.39 is 0 Å². The largest absolute Gasteiger partial charge is 0.306 e. The maximum Gasteiger partial charge on any atom is 0.256 e. The summed E-state index contributed by atoms with van der Waals surface area (Å²) < 4.78 is 0. The lowest BCUT2D eigenvalue weighted by Crippen LogP contribution is -2.14. The van der Waals surface area contributed by atoms with Crippen LogP contribution in [0.3, 0.4) is 0 Å². The summed E-state index contributed by atoms with van der Waals surface area (Å²) in [5.41, 5.74) is 1.15. The number of nitrogens with zero attached hydrogens (tertiary/aromatic N) is 3. The van der Waals surface area contributed by atoms with E-state index in [1.165, 1.54) is 12.1 Å². The number of anilines is 1. The summed E-state index contributed by atoms with van der Waals surface area (Å²) in [5, 5.41) is 2.96. The summed E-state index contributed by atoms with van der Waals surface area (Å²) in [6.07, 6.45) is 1.65. The fourth-order valence-corrected chi connectivity index (χ4v) is 2.34. The van der Waals surface area contributed by atoms with Crippen LogP contribution in [0.1, 0.15) is 29.4 Å². The molecule has 0 aliphatic rings. The molecule has 0 saturated carbocycles. The van der Waals surface area contributed by atoms with Gasteiger partial charge in [-0.1, -0.05) is 36.5 Å². The summed E-state index contributed by atoms with van der Waals surface area (Å²) >= 11 is 17.4. The molecule has 0 aliphatic carbocycles. The van der Waals surface area contributed by atoms with Crippen molar-refractivity contribution in [3.05, 3.63) is 45.0 Å². The minimum atomic E-state index is -0.373. The second kappa shape index (κ2) is 7.02.